The fourth-order valence-corrected chi connectivity index (χ4v) is 3.64. The molecule has 0 bridgehead atoms. The Hall–Kier alpha value is -1.85. The summed E-state index contributed by atoms with van der Waals surface area (Å²) in [6, 6.07) is 9.12. The van der Waals surface area contributed by atoms with Gasteiger partial charge in [0.15, 0.2) is 0 Å². The average molecular weight is 327 g/mol. The number of likely N-dealkylation sites (N-methyl/N-ethyl adjacent to an activating group) is 1. The molecule has 1 atom stereocenters. The van der Waals surface area contributed by atoms with Gasteiger partial charge in [0.05, 0.1) is 13.2 Å². The molecule has 2 aliphatic rings. The predicted octanol–water partition coefficient (Wildman–Crippen LogP) is 2.54. The van der Waals surface area contributed by atoms with E-state index in [1.54, 1.807) is 0 Å². The number of fused-ring (bicyclic) bond motifs is 1. The maximum atomic E-state index is 6.07. The number of ether oxygens (including phenoxy) is 2. The lowest BCUT2D eigenvalue weighted by molar-refractivity contribution is 0.122. The van der Waals surface area contributed by atoms with Crippen LogP contribution >= 0.6 is 0 Å². The number of hydrogen-bond acceptors (Lipinski definition) is 5. The van der Waals surface area contributed by atoms with Crippen LogP contribution in [0.1, 0.15) is 12.8 Å². The molecular weight excluding hydrogens is 302 g/mol. The van der Waals surface area contributed by atoms with Gasteiger partial charge < -0.3 is 19.3 Å². The van der Waals surface area contributed by atoms with Crippen molar-refractivity contribution in [3.63, 3.8) is 0 Å². The number of rotatable bonds is 4. The fraction of sp³-hybridized carbons (Fsp3) is 0.526. The van der Waals surface area contributed by atoms with Crippen molar-refractivity contribution in [1.29, 1.82) is 0 Å². The van der Waals surface area contributed by atoms with E-state index in [1.807, 2.05) is 6.20 Å². The highest BCUT2D eigenvalue weighted by Gasteiger charge is 2.22. The van der Waals surface area contributed by atoms with Gasteiger partial charge in [-0.15, -0.1) is 0 Å². The van der Waals surface area contributed by atoms with Crippen molar-refractivity contribution in [3.8, 4) is 5.88 Å². The average Bonchev–Trinajstić information content (AvgIpc) is 3.05. The van der Waals surface area contributed by atoms with Crippen LogP contribution in [0.3, 0.4) is 0 Å². The van der Waals surface area contributed by atoms with E-state index in [1.165, 1.54) is 30.5 Å². The van der Waals surface area contributed by atoms with Crippen molar-refractivity contribution in [2.45, 2.75) is 18.9 Å². The monoisotopic (exact) mass is 327 g/mol. The molecule has 1 aromatic carbocycles. The molecule has 2 aromatic rings. The Labute approximate surface area is 143 Å². The fourth-order valence-electron chi connectivity index (χ4n) is 3.64. The van der Waals surface area contributed by atoms with E-state index in [2.05, 4.69) is 46.1 Å². The van der Waals surface area contributed by atoms with Gasteiger partial charge in [0.1, 0.15) is 6.61 Å². The first-order valence-electron chi connectivity index (χ1n) is 8.86. The zero-order chi connectivity index (χ0) is 16.4. The maximum absolute atomic E-state index is 6.07. The molecule has 0 N–H and O–H groups in total. The van der Waals surface area contributed by atoms with E-state index >= 15 is 0 Å². The standard InChI is InChI=1S/C19H25N3O2/c1-21-8-2-3-17(21)14-24-19-18-5-4-16(13-15(18)6-7-20-19)22-9-11-23-12-10-22/h4-7,13,17H,2-3,8-12,14H2,1H3. The molecule has 2 fully saturated rings. The summed E-state index contributed by atoms with van der Waals surface area (Å²) in [6.45, 7) is 5.39. The Kier molecular flexibility index (Phi) is 4.54. The summed E-state index contributed by atoms with van der Waals surface area (Å²) < 4.78 is 11.5. The van der Waals surface area contributed by atoms with E-state index in [4.69, 9.17) is 9.47 Å². The molecule has 0 amide bonds. The molecule has 128 valence electrons. The second kappa shape index (κ2) is 6.95. The van der Waals surface area contributed by atoms with E-state index < -0.39 is 0 Å². The summed E-state index contributed by atoms with van der Waals surface area (Å²) in [6.07, 6.45) is 4.32. The van der Waals surface area contributed by atoms with Crippen LogP contribution in [0.15, 0.2) is 30.5 Å². The molecule has 24 heavy (non-hydrogen) atoms. The third kappa shape index (κ3) is 3.19. The third-order valence-electron chi connectivity index (χ3n) is 5.17. The first kappa shape index (κ1) is 15.7. The summed E-state index contributed by atoms with van der Waals surface area (Å²) >= 11 is 0. The van der Waals surface area contributed by atoms with Crippen LogP contribution in [0.25, 0.3) is 10.8 Å². The van der Waals surface area contributed by atoms with Crippen LogP contribution < -0.4 is 9.64 Å². The number of pyridine rings is 1. The Bertz CT molecular complexity index is 700. The maximum Gasteiger partial charge on any atom is 0.221 e. The molecular formula is C19H25N3O2. The van der Waals surface area contributed by atoms with Gasteiger partial charge >= 0.3 is 0 Å². The summed E-state index contributed by atoms with van der Waals surface area (Å²) in [5, 5.41) is 2.28. The van der Waals surface area contributed by atoms with Crippen LogP contribution in [0.5, 0.6) is 5.88 Å². The first-order chi connectivity index (χ1) is 11.8. The van der Waals surface area contributed by atoms with Crippen molar-refractivity contribution in [1.82, 2.24) is 9.88 Å². The highest BCUT2D eigenvalue weighted by Crippen LogP contribution is 2.28. The van der Waals surface area contributed by atoms with E-state index in [0.717, 1.165) is 37.6 Å². The molecule has 5 heteroatoms. The van der Waals surface area contributed by atoms with E-state index in [-0.39, 0.29) is 0 Å². The number of morpholine rings is 1. The number of benzene rings is 1. The lowest BCUT2D eigenvalue weighted by atomic mass is 10.1. The minimum Gasteiger partial charge on any atom is -0.476 e. The number of hydrogen-bond donors (Lipinski definition) is 0. The molecule has 0 saturated carbocycles. The summed E-state index contributed by atoms with van der Waals surface area (Å²) in [4.78, 5) is 9.21. The number of anilines is 1. The van der Waals surface area contributed by atoms with Gasteiger partial charge in [-0.3, -0.25) is 0 Å². The van der Waals surface area contributed by atoms with Crippen molar-refractivity contribution in [2.24, 2.45) is 0 Å². The highest BCUT2D eigenvalue weighted by atomic mass is 16.5. The number of aromatic nitrogens is 1. The van der Waals surface area contributed by atoms with Crippen LogP contribution in [0.2, 0.25) is 0 Å². The molecule has 1 aromatic heterocycles. The first-order valence-corrected chi connectivity index (χ1v) is 8.86. The van der Waals surface area contributed by atoms with Crippen LogP contribution in [-0.4, -0.2) is 62.4 Å². The summed E-state index contributed by atoms with van der Waals surface area (Å²) in [7, 11) is 2.17. The van der Waals surface area contributed by atoms with Gasteiger partial charge in [-0.1, -0.05) is 0 Å². The van der Waals surface area contributed by atoms with Crippen molar-refractivity contribution in [2.75, 3.05) is 51.4 Å². The summed E-state index contributed by atoms with van der Waals surface area (Å²) in [5.74, 6) is 0.751. The van der Waals surface area contributed by atoms with Crippen LogP contribution in [-0.2, 0) is 4.74 Å². The van der Waals surface area contributed by atoms with E-state index in [9.17, 15) is 0 Å². The quantitative estimate of drug-likeness (QED) is 0.863. The van der Waals surface area contributed by atoms with Crippen LogP contribution in [0.4, 0.5) is 5.69 Å². The second-order valence-electron chi connectivity index (χ2n) is 6.71. The second-order valence-corrected chi connectivity index (χ2v) is 6.71. The van der Waals surface area contributed by atoms with Crippen molar-refractivity contribution >= 4 is 16.5 Å². The minimum absolute atomic E-state index is 0.509. The number of nitrogens with zero attached hydrogens (tertiary/aromatic N) is 3. The minimum atomic E-state index is 0.509. The topological polar surface area (TPSA) is 37.8 Å². The SMILES string of the molecule is CN1CCCC1COc1nccc2cc(N3CCOCC3)ccc12. The van der Waals surface area contributed by atoms with E-state index in [0.29, 0.717) is 12.6 Å². The van der Waals surface area contributed by atoms with Gasteiger partial charge in [0.2, 0.25) is 5.88 Å². The smallest absolute Gasteiger partial charge is 0.221 e. The lowest BCUT2D eigenvalue weighted by Crippen LogP contribution is -2.36. The molecule has 0 spiro atoms. The van der Waals surface area contributed by atoms with Crippen molar-refractivity contribution < 1.29 is 9.47 Å². The van der Waals surface area contributed by atoms with Crippen molar-refractivity contribution in [3.05, 3.63) is 30.5 Å². The highest BCUT2D eigenvalue weighted by molar-refractivity contribution is 5.89. The lowest BCUT2D eigenvalue weighted by Gasteiger charge is -2.29. The third-order valence-corrected chi connectivity index (χ3v) is 5.17. The predicted molar refractivity (Wildman–Crippen MR) is 95.9 cm³/mol. The molecule has 2 saturated heterocycles. The van der Waals surface area contributed by atoms with Gasteiger partial charge in [-0.2, -0.15) is 0 Å². The Balaban J connectivity index is 1.53. The normalized spacial score (nSPS) is 22.2. The molecule has 3 heterocycles. The van der Waals surface area contributed by atoms with Gasteiger partial charge in [-0.05, 0) is 56.1 Å². The zero-order valence-corrected chi connectivity index (χ0v) is 14.3. The summed E-state index contributed by atoms with van der Waals surface area (Å²) in [5.41, 5.74) is 1.25. The molecule has 4 rings (SSSR count). The Morgan fingerprint density at radius 2 is 2.08 bits per heavy atom. The molecule has 5 nitrogen and oxygen atoms in total. The van der Waals surface area contributed by atoms with Gasteiger partial charge in [0.25, 0.3) is 0 Å². The Morgan fingerprint density at radius 1 is 1.21 bits per heavy atom. The molecule has 0 aliphatic carbocycles. The molecule has 0 radical (unpaired) electrons. The van der Waals surface area contributed by atoms with Gasteiger partial charge in [-0.25, -0.2) is 4.98 Å². The largest absolute Gasteiger partial charge is 0.476 e. The Morgan fingerprint density at radius 3 is 2.88 bits per heavy atom. The van der Waals surface area contributed by atoms with Crippen LogP contribution in [0, 0.1) is 0 Å². The zero-order valence-electron chi connectivity index (χ0n) is 14.3. The molecule has 2 aliphatic heterocycles. The van der Waals surface area contributed by atoms with Gasteiger partial charge in [0, 0.05) is 36.4 Å². The number of likely N-dealkylation sites (tertiary alicyclic amines) is 1. The molecule has 1 unspecified atom stereocenters.